The SMILES string of the molecule is CC(=O)CNC(=O)c1ccc(C2=NOC(c3cc(C)cc(Cl)c3)(C(F)(F)P)C2)cc1C. The average molecular weight is 467 g/mol. The zero-order chi connectivity index (χ0) is 23.0. The number of amides is 1. The molecule has 0 fully saturated rings. The van der Waals surface area contributed by atoms with Gasteiger partial charge < -0.3 is 10.2 Å². The van der Waals surface area contributed by atoms with Crippen LogP contribution in [0.5, 0.6) is 0 Å². The summed E-state index contributed by atoms with van der Waals surface area (Å²) in [7, 11) is 1.54. The average Bonchev–Trinajstić information content (AvgIpc) is 3.12. The first-order valence-corrected chi connectivity index (χ1v) is 10.5. The molecule has 0 bridgehead atoms. The number of benzene rings is 2. The van der Waals surface area contributed by atoms with Crippen molar-refractivity contribution in [1.82, 2.24) is 5.32 Å². The molecule has 1 aliphatic rings. The van der Waals surface area contributed by atoms with E-state index in [2.05, 4.69) is 10.5 Å². The lowest BCUT2D eigenvalue weighted by molar-refractivity contribution is -0.151. The van der Waals surface area contributed by atoms with Gasteiger partial charge in [-0.2, -0.15) is 8.78 Å². The molecule has 2 aromatic carbocycles. The van der Waals surface area contributed by atoms with Gasteiger partial charge in [-0.05, 0) is 61.7 Å². The summed E-state index contributed by atoms with van der Waals surface area (Å²) in [6, 6.07) is 9.62. The molecule has 2 unspecified atom stereocenters. The Bertz CT molecular complexity index is 1060. The van der Waals surface area contributed by atoms with Crippen LogP contribution in [0.3, 0.4) is 0 Å². The van der Waals surface area contributed by atoms with E-state index >= 15 is 0 Å². The minimum Gasteiger partial charge on any atom is -0.377 e. The number of aryl methyl sites for hydroxylation is 2. The van der Waals surface area contributed by atoms with Gasteiger partial charge in [-0.25, -0.2) is 0 Å². The molecule has 2 aromatic rings. The van der Waals surface area contributed by atoms with Gasteiger partial charge in [0.25, 0.3) is 5.91 Å². The Morgan fingerprint density at radius 1 is 1.26 bits per heavy atom. The van der Waals surface area contributed by atoms with E-state index in [1.807, 2.05) is 0 Å². The second-order valence-electron chi connectivity index (χ2n) is 7.69. The Labute approximate surface area is 186 Å². The highest BCUT2D eigenvalue weighted by molar-refractivity contribution is 7.18. The van der Waals surface area contributed by atoms with Gasteiger partial charge in [0.15, 0.2) is 0 Å². The van der Waals surface area contributed by atoms with E-state index < -0.39 is 11.3 Å². The molecule has 0 saturated carbocycles. The van der Waals surface area contributed by atoms with Crippen molar-refractivity contribution in [2.75, 3.05) is 6.54 Å². The molecule has 1 aliphatic heterocycles. The Balaban J connectivity index is 1.91. The van der Waals surface area contributed by atoms with Crippen LogP contribution in [-0.4, -0.2) is 29.6 Å². The molecule has 9 heteroatoms. The van der Waals surface area contributed by atoms with Crippen LogP contribution in [0.25, 0.3) is 0 Å². The van der Waals surface area contributed by atoms with Gasteiger partial charge in [-0.3, -0.25) is 9.59 Å². The topological polar surface area (TPSA) is 67.8 Å². The Morgan fingerprint density at radius 3 is 2.55 bits per heavy atom. The summed E-state index contributed by atoms with van der Waals surface area (Å²) in [5.41, 5.74) is -2.48. The first-order valence-electron chi connectivity index (χ1n) is 9.51. The molecule has 0 spiro atoms. The summed E-state index contributed by atoms with van der Waals surface area (Å²) >= 11 is 6.10. The van der Waals surface area contributed by atoms with Crippen molar-refractivity contribution in [3.63, 3.8) is 0 Å². The van der Waals surface area contributed by atoms with Crippen LogP contribution in [0.2, 0.25) is 5.02 Å². The first-order chi connectivity index (χ1) is 14.4. The molecule has 5 nitrogen and oxygen atoms in total. The molecular formula is C22H22ClF2N2O3P. The number of halogens is 3. The zero-order valence-electron chi connectivity index (χ0n) is 17.3. The molecule has 1 heterocycles. The van der Waals surface area contributed by atoms with Crippen molar-refractivity contribution in [3.8, 4) is 0 Å². The number of hydrogen-bond acceptors (Lipinski definition) is 4. The van der Waals surface area contributed by atoms with E-state index in [0.717, 1.165) is 5.56 Å². The smallest absolute Gasteiger partial charge is 0.304 e. The van der Waals surface area contributed by atoms with Crippen LogP contribution in [-0.2, 0) is 15.2 Å². The molecule has 3 rings (SSSR count). The predicted octanol–water partition coefficient (Wildman–Crippen LogP) is 4.76. The van der Waals surface area contributed by atoms with Crippen LogP contribution in [0.1, 0.15) is 46.0 Å². The van der Waals surface area contributed by atoms with Crippen molar-refractivity contribution >= 4 is 38.2 Å². The molecular weight excluding hydrogens is 445 g/mol. The maximum absolute atomic E-state index is 14.8. The first kappa shape index (κ1) is 23.3. The van der Waals surface area contributed by atoms with Crippen LogP contribution < -0.4 is 5.32 Å². The molecule has 2 atom stereocenters. The van der Waals surface area contributed by atoms with E-state index in [1.165, 1.54) is 13.0 Å². The van der Waals surface area contributed by atoms with Crippen LogP contribution in [0.15, 0.2) is 41.6 Å². The van der Waals surface area contributed by atoms with Gasteiger partial charge in [0.1, 0.15) is 5.78 Å². The summed E-state index contributed by atoms with van der Waals surface area (Å²) in [5.74, 6) is -0.546. The second kappa shape index (κ2) is 8.64. The van der Waals surface area contributed by atoms with E-state index in [9.17, 15) is 18.4 Å². The highest BCUT2D eigenvalue weighted by atomic mass is 35.5. The molecule has 1 amide bonds. The van der Waals surface area contributed by atoms with Crippen molar-refractivity contribution in [2.45, 2.75) is 38.5 Å². The number of nitrogens with zero attached hydrogens (tertiary/aromatic N) is 1. The Kier molecular flexibility index (Phi) is 6.49. The zero-order valence-corrected chi connectivity index (χ0v) is 19.2. The minimum absolute atomic E-state index is 0.0641. The number of Topliss-reactive ketones (excluding diaryl/α,β-unsaturated/α-hetero) is 1. The number of hydrogen-bond donors (Lipinski definition) is 1. The third kappa shape index (κ3) is 4.78. The lowest BCUT2D eigenvalue weighted by atomic mass is 9.86. The van der Waals surface area contributed by atoms with Gasteiger partial charge in [0.2, 0.25) is 5.60 Å². The van der Waals surface area contributed by atoms with E-state index in [4.69, 9.17) is 16.4 Å². The Morgan fingerprint density at radius 2 is 1.97 bits per heavy atom. The van der Waals surface area contributed by atoms with Crippen molar-refractivity contribution in [3.05, 3.63) is 69.2 Å². The van der Waals surface area contributed by atoms with Crippen LogP contribution in [0.4, 0.5) is 8.78 Å². The van der Waals surface area contributed by atoms with Gasteiger partial charge in [0.05, 0.1) is 12.3 Å². The summed E-state index contributed by atoms with van der Waals surface area (Å²) in [6.07, 6.45) is -0.182. The van der Waals surface area contributed by atoms with E-state index in [1.54, 1.807) is 53.4 Å². The van der Waals surface area contributed by atoms with Crippen molar-refractivity contribution in [2.24, 2.45) is 5.16 Å². The minimum atomic E-state index is -3.32. The summed E-state index contributed by atoms with van der Waals surface area (Å²) in [5, 5.41) is 6.84. The number of oxime groups is 1. The summed E-state index contributed by atoms with van der Waals surface area (Å²) in [4.78, 5) is 28.7. The molecule has 1 N–H and O–H groups in total. The number of carbonyl (C=O) groups excluding carboxylic acids is 2. The van der Waals surface area contributed by atoms with Gasteiger partial charge in [-0.1, -0.05) is 38.1 Å². The normalized spacial score (nSPS) is 18.4. The second-order valence-corrected chi connectivity index (χ2v) is 8.85. The number of ketones is 1. The number of alkyl halides is 2. The molecule has 31 heavy (non-hydrogen) atoms. The highest BCUT2D eigenvalue weighted by Crippen LogP contribution is 2.51. The Hall–Kier alpha value is -2.37. The van der Waals surface area contributed by atoms with Gasteiger partial charge in [-0.15, -0.1) is 0 Å². The molecule has 0 saturated heterocycles. The number of nitrogens with one attached hydrogen (secondary N) is 1. The van der Waals surface area contributed by atoms with Crippen molar-refractivity contribution in [1.29, 1.82) is 0 Å². The molecule has 164 valence electrons. The molecule has 0 aromatic heterocycles. The third-order valence-electron chi connectivity index (χ3n) is 5.08. The fourth-order valence-electron chi connectivity index (χ4n) is 3.48. The lowest BCUT2D eigenvalue weighted by Gasteiger charge is -2.33. The highest BCUT2D eigenvalue weighted by Gasteiger charge is 2.58. The van der Waals surface area contributed by atoms with Crippen LogP contribution >= 0.6 is 20.8 Å². The maximum atomic E-state index is 14.8. The maximum Gasteiger partial charge on any atom is 0.304 e. The van der Waals surface area contributed by atoms with Gasteiger partial charge in [0, 0.05) is 22.6 Å². The van der Waals surface area contributed by atoms with Crippen molar-refractivity contribution < 1.29 is 23.2 Å². The van der Waals surface area contributed by atoms with Crippen LogP contribution in [0, 0.1) is 13.8 Å². The summed E-state index contributed by atoms with van der Waals surface area (Å²) in [6.45, 7) is 4.80. The van der Waals surface area contributed by atoms with Gasteiger partial charge >= 0.3 is 5.66 Å². The quantitative estimate of drug-likeness (QED) is 0.624. The predicted molar refractivity (Wildman–Crippen MR) is 119 cm³/mol. The standard InChI is InChI=1S/C22H22ClF2N2O3P/c1-12-6-16(9-17(23)7-12)21(22(24,25)31)10-19(27-30-21)15-4-5-18(13(2)8-15)20(29)26-11-14(3)28/h4-9H,10-11,31H2,1-3H3,(H,26,29). The number of rotatable bonds is 6. The third-order valence-corrected chi connectivity index (χ3v) is 5.76. The van der Waals surface area contributed by atoms with E-state index in [0.29, 0.717) is 27.4 Å². The monoisotopic (exact) mass is 466 g/mol. The number of carbonyl (C=O) groups is 2. The fraction of sp³-hybridized carbons (Fsp3) is 0.318. The largest absolute Gasteiger partial charge is 0.377 e. The van der Waals surface area contributed by atoms with E-state index in [-0.39, 0.29) is 30.2 Å². The molecule has 0 aliphatic carbocycles. The lowest BCUT2D eigenvalue weighted by Crippen LogP contribution is -2.41. The summed E-state index contributed by atoms with van der Waals surface area (Å²) < 4.78 is 29.5. The fourth-order valence-corrected chi connectivity index (χ4v) is 4.09. The molecule has 0 radical (unpaired) electrons.